The molecule has 1 fully saturated rings. The first-order chi connectivity index (χ1) is 9.97. The molecular formula is C13H29IN4O3S. The van der Waals surface area contributed by atoms with Crippen LogP contribution in [0.3, 0.4) is 0 Å². The maximum absolute atomic E-state index is 11.5. The van der Waals surface area contributed by atoms with Crippen molar-refractivity contribution in [2.75, 3.05) is 52.7 Å². The highest BCUT2D eigenvalue weighted by Crippen LogP contribution is 2.19. The monoisotopic (exact) mass is 448 g/mol. The molecule has 0 saturated carbocycles. The zero-order valence-electron chi connectivity index (χ0n) is 13.7. The van der Waals surface area contributed by atoms with Crippen LogP contribution in [0.2, 0.25) is 0 Å². The van der Waals surface area contributed by atoms with Crippen LogP contribution in [0.1, 0.15) is 19.8 Å². The van der Waals surface area contributed by atoms with Crippen LogP contribution < -0.4 is 10.6 Å². The Balaban J connectivity index is 0.00000441. The molecule has 132 valence electrons. The highest BCUT2D eigenvalue weighted by atomic mass is 127. The molecule has 2 N–H and O–H groups in total. The molecule has 0 aliphatic carbocycles. The maximum atomic E-state index is 11.5. The molecule has 7 nitrogen and oxygen atoms in total. The predicted molar refractivity (Wildman–Crippen MR) is 100 cm³/mol. The number of sulfonamides is 1. The molecule has 0 radical (unpaired) electrons. The number of guanidine groups is 1. The molecule has 0 spiro atoms. The summed E-state index contributed by atoms with van der Waals surface area (Å²) in [7, 11) is -1.38. The molecule has 22 heavy (non-hydrogen) atoms. The van der Waals surface area contributed by atoms with E-state index in [1.165, 1.54) is 6.26 Å². The van der Waals surface area contributed by atoms with Crippen LogP contribution in [0.15, 0.2) is 4.99 Å². The third kappa shape index (κ3) is 8.49. The van der Waals surface area contributed by atoms with Gasteiger partial charge in [-0.3, -0.25) is 4.99 Å². The number of piperidine rings is 1. The van der Waals surface area contributed by atoms with E-state index >= 15 is 0 Å². The molecule has 0 bridgehead atoms. The molecular weight excluding hydrogens is 419 g/mol. The molecule has 0 atom stereocenters. The van der Waals surface area contributed by atoms with Crippen molar-refractivity contribution in [3.63, 3.8) is 0 Å². The van der Waals surface area contributed by atoms with Crippen molar-refractivity contribution in [3.8, 4) is 0 Å². The number of methoxy groups -OCH3 is 1. The quantitative estimate of drug-likeness (QED) is 0.256. The Hall–Kier alpha value is -0.130. The largest absolute Gasteiger partial charge is 0.383 e. The summed E-state index contributed by atoms with van der Waals surface area (Å²) >= 11 is 0. The van der Waals surface area contributed by atoms with E-state index in [1.54, 1.807) is 11.4 Å². The van der Waals surface area contributed by atoms with Crippen molar-refractivity contribution < 1.29 is 13.2 Å². The summed E-state index contributed by atoms with van der Waals surface area (Å²) in [5.74, 6) is 1.24. The number of hydrogen-bond acceptors (Lipinski definition) is 4. The second-order valence-electron chi connectivity index (χ2n) is 5.24. The zero-order valence-corrected chi connectivity index (χ0v) is 16.8. The third-order valence-corrected chi connectivity index (χ3v) is 4.80. The molecule has 1 saturated heterocycles. The Morgan fingerprint density at radius 2 is 1.95 bits per heavy atom. The average molecular weight is 448 g/mol. The van der Waals surface area contributed by atoms with Gasteiger partial charge in [0, 0.05) is 39.8 Å². The average Bonchev–Trinajstić information content (AvgIpc) is 2.44. The summed E-state index contributed by atoms with van der Waals surface area (Å²) in [4.78, 5) is 4.57. The number of ether oxygens (including phenoxy) is 1. The van der Waals surface area contributed by atoms with Crippen molar-refractivity contribution in [1.82, 2.24) is 14.9 Å². The van der Waals surface area contributed by atoms with Gasteiger partial charge in [0.2, 0.25) is 10.0 Å². The van der Waals surface area contributed by atoms with Crippen LogP contribution in [-0.4, -0.2) is 71.4 Å². The van der Waals surface area contributed by atoms with E-state index in [1.807, 2.05) is 6.92 Å². The summed E-state index contributed by atoms with van der Waals surface area (Å²) < 4.78 is 29.5. The number of rotatable bonds is 7. The number of halogens is 1. The second-order valence-corrected chi connectivity index (χ2v) is 7.23. The van der Waals surface area contributed by atoms with E-state index in [-0.39, 0.29) is 24.0 Å². The molecule has 0 unspecified atom stereocenters. The molecule has 9 heteroatoms. The number of hydrogen-bond donors (Lipinski definition) is 2. The Labute approximate surface area is 151 Å². The molecule has 1 aliphatic rings. The Morgan fingerprint density at radius 1 is 1.32 bits per heavy atom. The van der Waals surface area contributed by atoms with E-state index in [9.17, 15) is 8.42 Å². The molecule has 0 aromatic rings. The number of nitrogens with zero attached hydrogens (tertiary/aromatic N) is 2. The zero-order chi connectivity index (χ0) is 15.7. The Bertz CT molecular complexity index is 423. The van der Waals surface area contributed by atoms with Crippen LogP contribution in [0.25, 0.3) is 0 Å². The molecule has 1 rings (SSSR count). The summed E-state index contributed by atoms with van der Waals surface area (Å²) in [5.41, 5.74) is 0. The highest BCUT2D eigenvalue weighted by molar-refractivity contribution is 14.0. The second kappa shape index (κ2) is 11.4. The highest BCUT2D eigenvalue weighted by Gasteiger charge is 2.24. The summed E-state index contributed by atoms with van der Waals surface area (Å²) in [5, 5.41) is 6.39. The van der Waals surface area contributed by atoms with Crippen molar-refractivity contribution in [2.45, 2.75) is 19.8 Å². The normalized spacial score (nSPS) is 17.9. The van der Waals surface area contributed by atoms with Crippen molar-refractivity contribution in [1.29, 1.82) is 0 Å². The Kier molecular flexibility index (Phi) is 11.3. The number of aliphatic imine (C=N–C) groups is 1. The smallest absolute Gasteiger partial charge is 0.211 e. The van der Waals surface area contributed by atoms with E-state index in [2.05, 4.69) is 15.6 Å². The van der Waals surface area contributed by atoms with Gasteiger partial charge in [0.15, 0.2) is 5.96 Å². The standard InChI is InChI=1S/C13H28N4O3S.HI/c1-4-14-13(15-7-10-20-2)16-11-12-5-8-17(9-6-12)21(3,18)19;/h12H,4-11H2,1-3H3,(H2,14,15,16);1H. The first kappa shape index (κ1) is 21.9. The first-order valence-electron chi connectivity index (χ1n) is 7.43. The van der Waals surface area contributed by atoms with Crippen molar-refractivity contribution in [2.24, 2.45) is 10.9 Å². The van der Waals surface area contributed by atoms with E-state index < -0.39 is 10.0 Å². The van der Waals surface area contributed by atoms with Crippen LogP contribution >= 0.6 is 24.0 Å². The van der Waals surface area contributed by atoms with Crippen LogP contribution in [0, 0.1) is 5.92 Å². The molecule has 0 amide bonds. The summed E-state index contributed by atoms with van der Waals surface area (Å²) in [6.45, 7) is 6.12. The lowest BCUT2D eigenvalue weighted by atomic mass is 9.98. The van der Waals surface area contributed by atoms with Gasteiger partial charge in [0.1, 0.15) is 0 Å². The van der Waals surface area contributed by atoms with E-state index in [0.29, 0.717) is 25.6 Å². The van der Waals surface area contributed by atoms with Gasteiger partial charge >= 0.3 is 0 Å². The lowest BCUT2D eigenvalue weighted by Crippen LogP contribution is -2.40. The summed E-state index contributed by atoms with van der Waals surface area (Å²) in [6.07, 6.45) is 3.01. The van der Waals surface area contributed by atoms with Gasteiger partial charge in [-0.1, -0.05) is 0 Å². The molecule has 0 aromatic carbocycles. The Morgan fingerprint density at radius 3 is 2.45 bits per heavy atom. The SMILES string of the molecule is CCNC(=NCC1CCN(S(C)(=O)=O)CC1)NCCOC.I. The molecule has 1 aliphatic heterocycles. The predicted octanol–water partition coefficient (Wildman–Crippen LogP) is 0.478. The fourth-order valence-corrected chi connectivity index (χ4v) is 3.13. The van der Waals surface area contributed by atoms with Gasteiger partial charge in [-0.2, -0.15) is 0 Å². The van der Waals surface area contributed by atoms with Gasteiger partial charge in [0.05, 0.1) is 12.9 Å². The van der Waals surface area contributed by atoms with Crippen LogP contribution in [0.5, 0.6) is 0 Å². The van der Waals surface area contributed by atoms with Crippen LogP contribution in [-0.2, 0) is 14.8 Å². The fraction of sp³-hybridized carbons (Fsp3) is 0.923. The molecule has 1 heterocycles. The third-order valence-electron chi connectivity index (χ3n) is 3.49. The van der Waals surface area contributed by atoms with E-state index in [0.717, 1.165) is 38.4 Å². The van der Waals surface area contributed by atoms with Crippen LogP contribution in [0.4, 0.5) is 0 Å². The van der Waals surface area contributed by atoms with Crippen molar-refractivity contribution in [3.05, 3.63) is 0 Å². The number of nitrogens with one attached hydrogen (secondary N) is 2. The van der Waals surface area contributed by atoms with Gasteiger partial charge in [0.25, 0.3) is 0 Å². The molecule has 0 aromatic heterocycles. The van der Waals surface area contributed by atoms with Gasteiger partial charge in [-0.15, -0.1) is 24.0 Å². The topological polar surface area (TPSA) is 83.0 Å². The van der Waals surface area contributed by atoms with Gasteiger partial charge < -0.3 is 15.4 Å². The van der Waals surface area contributed by atoms with Gasteiger partial charge in [-0.25, -0.2) is 12.7 Å². The lowest BCUT2D eigenvalue weighted by molar-refractivity contribution is 0.203. The minimum Gasteiger partial charge on any atom is -0.383 e. The maximum Gasteiger partial charge on any atom is 0.211 e. The fourth-order valence-electron chi connectivity index (χ4n) is 2.26. The lowest BCUT2D eigenvalue weighted by Gasteiger charge is -2.29. The minimum atomic E-state index is -3.05. The van der Waals surface area contributed by atoms with Crippen molar-refractivity contribution >= 4 is 40.0 Å². The van der Waals surface area contributed by atoms with Gasteiger partial charge in [-0.05, 0) is 25.7 Å². The van der Waals surface area contributed by atoms with E-state index in [4.69, 9.17) is 4.74 Å². The summed E-state index contributed by atoms with van der Waals surface area (Å²) in [6, 6.07) is 0. The first-order valence-corrected chi connectivity index (χ1v) is 9.28. The minimum absolute atomic E-state index is 0.